The van der Waals surface area contributed by atoms with Crippen LogP contribution >= 0.6 is 0 Å². The fourth-order valence-corrected chi connectivity index (χ4v) is 3.33. The summed E-state index contributed by atoms with van der Waals surface area (Å²) in [7, 11) is 0. The van der Waals surface area contributed by atoms with Crippen molar-refractivity contribution in [1.82, 2.24) is 37.2 Å². The van der Waals surface area contributed by atoms with Crippen LogP contribution in [0.15, 0.2) is 0 Å². The molecule has 0 aromatic heterocycles. The van der Waals surface area contributed by atoms with Gasteiger partial charge in [-0.3, -0.25) is 0 Å². The molecule has 0 aliphatic carbocycles. The van der Waals surface area contributed by atoms with E-state index >= 15 is 0 Å². The van der Waals surface area contributed by atoms with Crippen LogP contribution in [0.4, 0.5) is 0 Å². The average Bonchev–Trinajstić information content (AvgIpc) is 2.88. The smallest absolute Gasteiger partial charge is 0.167 e. The highest BCUT2D eigenvalue weighted by Gasteiger charge is 2.22. The number of ether oxygens (including phenoxy) is 1. The molecule has 0 spiro atoms. The van der Waals surface area contributed by atoms with E-state index in [2.05, 4.69) is 37.2 Å². The van der Waals surface area contributed by atoms with Crippen molar-refractivity contribution >= 4 is 0 Å². The first-order valence-corrected chi connectivity index (χ1v) is 13.6. The van der Waals surface area contributed by atoms with Gasteiger partial charge in [-0.15, -0.1) is 0 Å². The van der Waals surface area contributed by atoms with Gasteiger partial charge >= 0.3 is 0 Å². The summed E-state index contributed by atoms with van der Waals surface area (Å²) in [5.41, 5.74) is 10.8. The van der Waals surface area contributed by atoms with Gasteiger partial charge in [-0.25, -0.2) is 0 Å². The summed E-state index contributed by atoms with van der Waals surface area (Å²) in [6.07, 6.45) is 0.586. The van der Waals surface area contributed by atoms with Gasteiger partial charge in [0.1, 0.15) is 6.10 Å². The quantitative estimate of drug-likeness (QED) is 0.0316. The molecule has 0 aliphatic heterocycles. The molecule has 14 N–H and O–H groups in total. The minimum atomic E-state index is -1.10. The first-order valence-electron chi connectivity index (χ1n) is 13.6. The van der Waals surface area contributed by atoms with Crippen LogP contribution in [0.1, 0.15) is 19.3 Å². The van der Waals surface area contributed by atoms with Gasteiger partial charge in [0.2, 0.25) is 0 Å². The maximum atomic E-state index is 10.2. The Hall–Kier alpha value is -0.520. The van der Waals surface area contributed by atoms with Gasteiger partial charge in [0.25, 0.3) is 0 Å². The van der Waals surface area contributed by atoms with Crippen molar-refractivity contribution in [3.8, 4) is 0 Å². The van der Waals surface area contributed by atoms with E-state index in [4.69, 9.17) is 16.2 Å². The van der Waals surface area contributed by atoms with E-state index in [0.29, 0.717) is 26.2 Å². The summed E-state index contributed by atoms with van der Waals surface area (Å²) in [4.78, 5) is 0. The van der Waals surface area contributed by atoms with Crippen molar-refractivity contribution in [2.75, 3.05) is 111 Å². The summed E-state index contributed by atoms with van der Waals surface area (Å²) >= 11 is 0. The largest absolute Gasteiger partial charge is 0.394 e. The molecule has 13 heteroatoms. The Kier molecular flexibility index (Phi) is 28.6. The molecule has 0 saturated carbocycles. The molecule has 0 aromatic carbocycles. The van der Waals surface area contributed by atoms with Gasteiger partial charge in [-0.2, -0.15) is 0 Å². The molecule has 3 unspecified atom stereocenters. The number of nitrogens with one attached hydrogen (secondary N) is 7. The van der Waals surface area contributed by atoms with Crippen LogP contribution in [0.3, 0.4) is 0 Å². The maximum Gasteiger partial charge on any atom is 0.167 e. The highest BCUT2D eigenvalue weighted by atomic mass is 16.6. The normalized spacial score (nSPS) is 14.2. The first-order chi connectivity index (χ1) is 17.7. The van der Waals surface area contributed by atoms with Crippen molar-refractivity contribution in [1.29, 1.82) is 0 Å². The van der Waals surface area contributed by atoms with Gasteiger partial charge in [-0.05, 0) is 25.9 Å². The molecule has 0 radical (unpaired) electrons. The van der Waals surface area contributed by atoms with Crippen molar-refractivity contribution in [2.24, 2.45) is 11.5 Å². The van der Waals surface area contributed by atoms with Gasteiger partial charge in [0.05, 0.1) is 12.7 Å². The zero-order valence-electron chi connectivity index (χ0n) is 22.3. The second kappa shape index (κ2) is 29.0. The molecule has 0 bridgehead atoms. The number of aliphatic hydroxyl groups excluding tert-OH is 3. The van der Waals surface area contributed by atoms with Gasteiger partial charge in [0.15, 0.2) is 6.29 Å². The minimum Gasteiger partial charge on any atom is -0.394 e. The number of aliphatic hydroxyl groups is 3. The summed E-state index contributed by atoms with van der Waals surface area (Å²) in [6, 6.07) is 0. The Morgan fingerprint density at radius 1 is 0.528 bits per heavy atom. The van der Waals surface area contributed by atoms with Crippen molar-refractivity contribution in [3.05, 3.63) is 0 Å². The maximum absolute atomic E-state index is 10.2. The van der Waals surface area contributed by atoms with Crippen molar-refractivity contribution in [2.45, 2.75) is 37.8 Å². The molecule has 36 heavy (non-hydrogen) atoms. The van der Waals surface area contributed by atoms with E-state index < -0.39 is 18.5 Å². The van der Waals surface area contributed by atoms with E-state index in [1.54, 1.807) is 0 Å². The fraction of sp³-hybridized carbons (Fsp3) is 1.00. The zero-order valence-corrected chi connectivity index (χ0v) is 22.3. The van der Waals surface area contributed by atoms with Crippen molar-refractivity contribution < 1.29 is 20.1 Å². The monoisotopic (exact) mass is 523 g/mol. The Bertz CT molecular complexity index is 431. The third kappa shape index (κ3) is 25.1. The molecule has 0 saturated heterocycles. The molecule has 13 nitrogen and oxygen atoms in total. The topological polar surface area (TPSA) is 206 Å². The van der Waals surface area contributed by atoms with Crippen LogP contribution in [-0.2, 0) is 4.74 Å². The van der Waals surface area contributed by atoms with Crippen LogP contribution in [0, 0.1) is 0 Å². The van der Waals surface area contributed by atoms with E-state index in [1.165, 1.54) is 6.42 Å². The molecular formula is C23H57N9O4. The van der Waals surface area contributed by atoms with E-state index in [0.717, 1.165) is 78.3 Å². The molecule has 0 amide bonds. The molecule has 0 aliphatic rings. The molecule has 3 atom stereocenters. The van der Waals surface area contributed by atoms with Crippen LogP contribution in [-0.4, -0.2) is 145 Å². The van der Waals surface area contributed by atoms with E-state index in [1.807, 2.05) is 0 Å². The number of hydrogen-bond donors (Lipinski definition) is 12. The Morgan fingerprint density at radius 2 is 0.944 bits per heavy atom. The predicted molar refractivity (Wildman–Crippen MR) is 146 cm³/mol. The molecule has 0 fully saturated rings. The lowest BCUT2D eigenvalue weighted by molar-refractivity contribution is -0.172. The predicted octanol–water partition coefficient (Wildman–Crippen LogP) is -4.74. The summed E-state index contributed by atoms with van der Waals surface area (Å²) in [5, 5.41) is 52.6. The highest BCUT2D eigenvalue weighted by molar-refractivity contribution is 4.72. The third-order valence-corrected chi connectivity index (χ3v) is 5.38. The standard InChI is InChI=1S/C23H57N9O4/c24-4-8-26-6-2-1-3-7-27-14-17-32-19-23(35)36-22(20-33)21(34)18-31-16-15-30-13-12-29-11-10-28-9-5-25/h21-23,26-35H,1-20,24-25H2. The molecule has 0 rings (SSSR count). The summed E-state index contributed by atoms with van der Waals surface area (Å²) in [6.45, 7) is 11.6. The number of rotatable bonds is 30. The summed E-state index contributed by atoms with van der Waals surface area (Å²) in [5.74, 6) is 0. The fourth-order valence-electron chi connectivity index (χ4n) is 3.33. The van der Waals surface area contributed by atoms with Gasteiger partial charge in [-0.1, -0.05) is 6.42 Å². The van der Waals surface area contributed by atoms with Crippen LogP contribution < -0.4 is 48.7 Å². The van der Waals surface area contributed by atoms with E-state index in [9.17, 15) is 15.3 Å². The summed E-state index contributed by atoms with van der Waals surface area (Å²) < 4.78 is 5.40. The highest BCUT2D eigenvalue weighted by Crippen LogP contribution is 2.01. The zero-order chi connectivity index (χ0) is 26.5. The van der Waals surface area contributed by atoms with Crippen LogP contribution in [0.2, 0.25) is 0 Å². The third-order valence-electron chi connectivity index (χ3n) is 5.38. The Labute approximate surface area is 218 Å². The second-order valence-electron chi connectivity index (χ2n) is 8.68. The number of nitrogens with two attached hydrogens (primary N) is 2. The molecule has 218 valence electrons. The van der Waals surface area contributed by atoms with Crippen molar-refractivity contribution in [3.63, 3.8) is 0 Å². The first kappa shape index (κ1) is 35.5. The molecular weight excluding hydrogens is 466 g/mol. The van der Waals surface area contributed by atoms with E-state index in [-0.39, 0.29) is 19.7 Å². The van der Waals surface area contributed by atoms with Gasteiger partial charge < -0.3 is 68.7 Å². The second-order valence-corrected chi connectivity index (χ2v) is 8.68. The lowest BCUT2D eigenvalue weighted by Crippen LogP contribution is -2.45. The molecule has 0 aromatic rings. The number of unbranched alkanes of at least 4 members (excludes halogenated alkanes) is 2. The Morgan fingerprint density at radius 3 is 1.44 bits per heavy atom. The molecule has 0 heterocycles. The Balaban J connectivity index is 3.56. The SMILES string of the molecule is NCCNCCCCCNCCNCC(O)OC(CO)C(O)CNCCNCCNCCNCCN. The average molecular weight is 524 g/mol. The number of hydrogen-bond acceptors (Lipinski definition) is 13. The van der Waals surface area contributed by atoms with Crippen LogP contribution in [0.25, 0.3) is 0 Å². The minimum absolute atomic E-state index is 0.228. The lowest BCUT2D eigenvalue weighted by atomic mass is 10.2. The lowest BCUT2D eigenvalue weighted by Gasteiger charge is -2.25. The van der Waals surface area contributed by atoms with Crippen LogP contribution in [0.5, 0.6) is 0 Å². The van der Waals surface area contributed by atoms with Gasteiger partial charge in [0, 0.05) is 91.6 Å².